The Kier molecular flexibility index (Phi) is 4.24. The fourth-order valence-corrected chi connectivity index (χ4v) is 2.42. The van der Waals surface area contributed by atoms with E-state index in [0.29, 0.717) is 21.4 Å². The summed E-state index contributed by atoms with van der Waals surface area (Å²) in [4.78, 5) is 16.5. The summed E-state index contributed by atoms with van der Waals surface area (Å²) in [5.74, 6) is -0.197. The summed E-state index contributed by atoms with van der Waals surface area (Å²) in [6.45, 7) is 4.03. The number of pyridine rings is 1. The van der Waals surface area contributed by atoms with Gasteiger partial charge in [-0.25, -0.2) is 14.5 Å². The maximum Gasteiger partial charge on any atom is 0.345 e. The molecule has 0 saturated carbocycles. The Hall–Kier alpha value is -2.11. The van der Waals surface area contributed by atoms with E-state index in [-0.39, 0.29) is 6.04 Å². The zero-order chi connectivity index (χ0) is 16.6. The number of fused-ring (bicyclic) bond motifs is 1. The predicted molar refractivity (Wildman–Crippen MR) is 89.3 cm³/mol. The van der Waals surface area contributed by atoms with E-state index in [0.717, 1.165) is 11.0 Å². The lowest BCUT2D eigenvalue weighted by molar-refractivity contribution is 0.0734. The molecule has 0 spiro atoms. The first-order valence-electron chi connectivity index (χ1n) is 6.96. The van der Waals surface area contributed by atoms with Gasteiger partial charge in [0.05, 0.1) is 21.8 Å². The zero-order valence-electron chi connectivity index (χ0n) is 12.5. The van der Waals surface area contributed by atoms with Crippen LogP contribution in [0.15, 0.2) is 36.7 Å². The zero-order valence-corrected chi connectivity index (χ0v) is 14.0. The van der Waals surface area contributed by atoms with Gasteiger partial charge in [-0.05, 0) is 32.0 Å². The van der Waals surface area contributed by atoms with Gasteiger partial charge in [0.15, 0.2) is 5.65 Å². The van der Waals surface area contributed by atoms with Gasteiger partial charge in [-0.15, -0.1) is 0 Å². The van der Waals surface area contributed by atoms with Crippen molar-refractivity contribution in [2.45, 2.75) is 19.9 Å². The van der Waals surface area contributed by atoms with Crippen LogP contribution in [0.4, 0.5) is 0 Å². The van der Waals surface area contributed by atoms with Crippen LogP contribution in [0.5, 0.6) is 5.75 Å². The van der Waals surface area contributed by atoms with Crippen molar-refractivity contribution >= 4 is 40.2 Å². The van der Waals surface area contributed by atoms with Gasteiger partial charge in [0.25, 0.3) is 0 Å². The number of rotatable bonds is 3. The van der Waals surface area contributed by atoms with Crippen LogP contribution in [0.1, 0.15) is 30.2 Å². The summed E-state index contributed by atoms with van der Waals surface area (Å²) >= 11 is 11.7. The smallest absolute Gasteiger partial charge is 0.345 e. The van der Waals surface area contributed by atoms with Crippen LogP contribution < -0.4 is 4.74 Å². The molecular weight excluding hydrogens is 337 g/mol. The van der Waals surface area contributed by atoms with Crippen molar-refractivity contribution in [3.05, 3.63) is 52.3 Å². The average molecular weight is 350 g/mol. The van der Waals surface area contributed by atoms with Crippen molar-refractivity contribution in [2.75, 3.05) is 0 Å². The first-order chi connectivity index (χ1) is 11.0. The molecule has 0 N–H and O–H groups in total. The molecule has 2 aromatic heterocycles. The third-order valence-electron chi connectivity index (χ3n) is 3.26. The third-order valence-corrected chi connectivity index (χ3v) is 4.00. The summed E-state index contributed by atoms with van der Waals surface area (Å²) in [6.07, 6.45) is 3.15. The highest BCUT2D eigenvalue weighted by Crippen LogP contribution is 2.27. The van der Waals surface area contributed by atoms with Crippen molar-refractivity contribution < 1.29 is 9.53 Å². The number of nitrogens with zero attached hydrogens (tertiary/aromatic N) is 3. The van der Waals surface area contributed by atoms with Gasteiger partial charge in [-0.3, -0.25) is 0 Å². The van der Waals surface area contributed by atoms with Crippen LogP contribution in [0.3, 0.4) is 0 Å². The molecule has 5 nitrogen and oxygen atoms in total. The van der Waals surface area contributed by atoms with Gasteiger partial charge in [-0.1, -0.05) is 23.2 Å². The number of benzene rings is 1. The van der Waals surface area contributed by atoms with E-state index < -0.39 is 5.97 Å². The SMILES string of the molecule is CC(C)n1ncc2cc(C(=O)Oc3ccc(Cl)c(Cl)c3)cnc21. The molecule has 0 amide bonds. The number of carbonyl (C=O) groups excluding carboxylic acids is 1. The topological polar surface area (TPSA) is 57.0 Å². The first kappa shape index (κ1) is 15.8. The van der Waals surface area contributed by atoms with Crippen molar-refractivity contribution in [3.63, 3.8) is 0 Å². The largest absolute Gasteiger partial charge is 0.423 e. The van der Waals surface area contributed by atoms with E-state index in [4.69, 9.17) is 27.9 Å². The molecule has 0 radical (unpaired) electrons. The average Bonchev–Trinajstić information content (AvgIpc) is 2.94. The third kappa shape index (κ3) is 3.16. The Labute approximate surface area is 142 Å². The maximum absolute atomic E-state index is 12.2. The summed E-state index contributed by atoms with van der Waals surface area (Å²) in [7, 11) is 0. The maximum atomic E-state index is 12.2. The molecule has 0 unspecified atom stereocenters. The van der Waals surface area contributed by atoms with E-state index in [1.54, 1.807) is 29.1 Å². The van der Waals surface area contributed by atoms with Gasteiger partial charge in [0, 0.05) is 23.7 Å². The van der Waals surface area contributed by atoms with Crippen molar-refractivity contribution in [1.29, 1.82) is 0 Å². The van der Waals surface area contributed by atoms with Crippen LogP contribution in [-0.4, -0.2) is 20.7 Å². The minimum absolute atomic E-state index is 0.189. The molecule has 7 heteroatoms. The lowest BCUT2D eigenvalue weighted by Gasteiger charge is -2.07. The Morgan fingerprint density at radius 3 is 2.65 bits per heavy atom. The number of ether oxygens (including phenoxy) is 1. The van der Waals surface area contributed by atoms with E-state index >= 15 is 0 Å². The van der Waals surface area contributed by atoms with E-state index in [9.17, 15) is 4.79 Å². The number of aromatic nitrogens is 3. The number of esters is 1. The highest BCUT2D eigenvalue weighted by molar-refractivity contribution is 6.42. The second-order valence-electron chi connectivity index (χ2n) is 5.29. The highest BCUT2D eigenvalue weighted by Gasteiger charge is 2.14. The van der Waals surface area contributed by atoms with Crippen LogP contribution in [-0.2, 0) is 0 Å². The van der Waals surface area contributed by atoms with Crippen LogP contribution in [0.25, 0.3) is 11.0 Å². The minimum Gasteiger partial charge on any atom is -0.423 e. The fourth-order valence-electron chi connectivity index (χ4n) is 2.14. The molecule has 0 bridgehead atoms. The molecule has 0 aliphatic carbocycles. The monoisotopic (exact) mass is 349 g/mol. The first-order valence-corrected chi connectivity index (χ1v) is 7.72. The molecule has 118 valence electrons. The number of hydrogen-bond donors (Lipinski definition) is 0. The highest BCUT2D eigenvalue weighted by atomic mass is 35.5. The lowest BCUT2D eigenvalue weighted by Crippen LogP contribution is -2.09. The van der Waals surface area contributed by atoms with Gasteiger partial charge < -0.3 is 4.74 Å². The molecule has 1 aromatic carbocycles. The fraction of sp³-hybridized carbons (Fsp3) is 0.188. The lowest BCUT2D eigenvalue weighted by atomic mass is 10.2. The van der Waals surface area contributed by atoms with Gasteiger partial charge in [-0.2, -0.15) is 5.10 Å². The van der Waals surface area contributed by atoms with Crippen molar-refractivity contribution in [2.24, 2.45) is 0 Å². The van der Waals surface area contributed by atoms with Gasteiger partial charge in [0.2, 0.25) is 0 Å². The number of hydrogen-bond acceptors (Lipinski definition) is 4. The van der Waals surface area contributed by atoms with Crippen molar-refractivity contribution in [3.8, 4) is 5.75 Å². The molecular formula is C16H13Cl2N3O2. The van der Waals surface area contributed by atoms with E-state index in [1.165, 1.54) is 12.3 Å². The van der Waals surface area contributed by atoms with Crippen LogP contribution in [0, 0.1) is 0 Å². The Balaban J connectivity index is 1.87. The Morgan fingerprint density at radius 1 is 1.17 bits per heavy atom. The quantitative estimate of drug-likeness (QED) is 0.514. The molecule has 2 heterocycles. The second kappa shape index (κ2) is 6.18. The Morgan fingerprint density at radius 2 is 1.96 bits per heavy atom. The summed E-state index contributed by atoms with van der Waals surface area (Å²) in [5.41, 5.74) is 1.07. The predicted octanol–water partition coefficient (Wildman–Crippen LogP) is 4.54. The number of carbonyl (C=O) groups is 1. The summed E-state index contributed by atoms with van der Waals surface area (Å²) in [5, 5.41) is 5.77. The molecule has 23 heavy (non-hydrogen) atoms. The Bertz CT molecular complexity index is 890. The molecule has 0 aliphatic heterocycles. The van der Waals surface area contributed by atoms with Crippen molar-refractivity contribution in [1.82, 2.24) is 14.8 Å². The van der Waals surface area contributed by atoms with Gasteiger partial charge >= 0.3 is 5.97 Å². The minimum atomic E-state index is -0.518. The van der Waals surface area contributed by atoms with E-state index in [2.05, 4.69) is 10.1 Å². The molecule has 0 fully saturated rings. The molecule has 3 rings (SSSR count). The van der Waals surface area contributed by atoms with Crippen LogP contribution in [0.2, 0.25) is 10.0 Å². The molecule has 0 aliphatic rings. The normalized spacial score (nSPS) is 11.2. The second-order valence-corrected chi connectivity index (χ2v) is 6.10. The van der Waals surface area contributed by atoms with E-state index in [1.807, 2.05) is 13.8 Å². The van der Waals surface area contributed by atoms with Crippen LogP contribution >= 0.6 is 23.2 Å². The molecule has 0 atom stereocenters. The molecule has 3 aromatic rings. The summed E-state index contributed by atoms with van der Waals surface area (Å²) in [6, 6.07) is 6.53. The van der Waals surface area contributed by atoms with Gasteiger partial charge in [0.1, 0.15) is 5.75 Å². The number of halogens is 2. The summed E-state index contributed by atoms with van der Waals surface area (Å²) < 4.78 is 7.09. The standard InChI is InChI=1S/C16H13Cl2N3O2/c1-9(2)21-15-10(8-20-21)5-11(7-19-15)16(22)23-12-3-4-13(17)14(18)6-12/h3-9H,1-2H3. The molecule has 0 saturated heterocycles.